The van der Waals surface area contributed by atoms with Gasteiger partial charge in [-0.2, -0.15) is 0 Å². The number of hydrogen-bond acceptors (Lipinski definition) is 20. The molecule has 1 aromatic heterocycles. The fourth-order valence-corrected chi connectivity index (χ4v) is 13.7. The van der Waals surface area contributed by atoms with Gasteiger partial charge in [-0.1, -0.05) is 18.2 Å². The summed E-state index contributed by atoms with van der Waals surface area (Å²) in [7, 11) is 18.3. The molecule has 13 N–H and O–H groups in total. The van der Waals surface area contributed by atoms with E-state index in [0.717, 1.165) is 25.4 Å². The number of amides is 3. The maximum atomic E-state index is 14.1. The number of carbonyl (C=O) groups is 7. The molecule has 0 bridgehead atoms. The Balaban J connectivity index is 0.000000210. The molecule has 0 spiro atoms. The molecule has 4 aromatic rings. The second kappa shape index (κ2) is 23.6. The molecule has 0 unspecified atom stereocenters. The van der Waals surface area contributed by atoms with E-state index in [1.54, 1.807) is 64.6 Å². The van der Waals surface area contributed by atoms with Crippen LogP contribution >= 0.6 is 0 Å². The summed E-state index contributed by atoms with van der Waals surface area (Å²) in [4.78, 5) is 99.1. The van der Waals surface area contributed by atoms with E-state index in [1.165, 1.54) is 21.9 Å². The van der Waals surface area contributed by atoms with Crippen molar-refractivity contribution in [1.29, 1.82) is 0 Å². The van der Waals surface area contributed by atoms with Crippen LogP contribution in [-0.4, -0.2) is 226 Å². The van der Waals surface area contributed by atoms with Crippen LogP contribution in [0.5, 0.6) is 11.5 Å². The Hall–Kier alpha value is -8.49. The molecule has 10 rings (SSSR count). The normalized spacial score (nSPS) is 25.1. The number of phenolic OH excluding ortho intramolecular Hbond substituents is 2. The Morgan fingerprint density at radius 1 is 0.648 bits per heavy atom. The van der Waals surface area contributed by atoms with Crippen LogP contribution in [0.2, 0.25) is 0 Å². The molecule has 2 saturated carbocycles. The molecule has 88 heavy (non-hydrogen) atoms. The van der Waals surface area contributed by atoms with Crippen molar-refractivity contribution < 1.29 is 83.3 Å². The maximum Gasteiger partial charge on any atom is 0.255 e. The predicted molar refractivity (Wildman–Crippen MR) is 322 cm³/mol. The van der Waals surface area contributed by atoms with Crippen LogP contribution in [0.4, 0.5) is 0 Å². The molecular formula is C64H77N8O16+. The van der Waals surface area contributed by atoms with Crippen molar-refractivity contribution in [2.24, 2.45) is 35.1 Å². The Kier molecular flexibility index (Phi) is 17.1. The Morgan fingerprint density at radius 2 is 1.12 bits per heavy atom. The number of primary amides is 2. The number of hydrogen-bond donors (Lipinski definition) is 11. The lowest BCUT2D eigenvalue weighted by molar-refractivity contribution is -0.869. The second-order valence-corrected chi connectivity index (χ2v) is 25.6. The number of fused-ring (bicyclic) bond motifs is 6. The van der Waals surface area contributed by atoms with Crippen LogP contribution in [0.15, 0.2) is 98.9 Å². The number of phenols is 2. The molecule has 3 aromatic carbocycles. The highest BCUT2D eigenvalue weighted by Crippen LogP contribution is 2.56. The van der Waals surface area contributed by atoms with Crippen molar-refractivity contribution in [2.45, 2.75) is 55.5 Å². The number of nitrogens with one attached hydrogen (secondary N) is 1. The van der Waals surface area contributed by atoms with Gasteiger partial charge in [0, 0.05) is 47.2 Å². The van der Waals surface area contributed by atoms with E-state index >= 15 is 0 Å². The van der Waals surface area contributed by atoms with Crippen molar-refractivity contribution in [2.75, 3.05) is 96.7 Å². The molecule has 2 fully saturated rings. The summed E-state index contributed by atoms with van der Waals surface area (Å²) in [5.41, 5.74) is 6.65. The number of rotatable bonds is 15. The Labute approximate surface area is 508 Å². The molecule has 24 heteroatoms. The number of benzene rings is 3. The van der Waals surface area contributed by atoms with Gasteiger partial charge < -0.3 is 71.4 Å². The van der Waals surface area contributed by atoms with E-state index in [0.29, 0.717) is 56.7 Å². The first kappa shape index (κ1) is 64.0. The molecule has 8 atom stereocenters. The van der Waals surface area contributed by atoms with Crippen LogP contribution in [0, 0.1) is 23.7 Å². The topological polar surface area (TPSA) is 372 Å². The summed E-state index contributed by atoms with van der Waals surface area (Å²) >= 11 is 0. The summed E-state index contributed by atoms with van der Waals surface area (Å²) in [5.74, 6) is -12.9. The SMILES string of the molecule is CN(C)CCN(C)Cc1ccc(-c2ccc(O)c3c2C[C@H]2C[C@H]4[C@H](N(C)C)C(=O)C(C(N)=O)=C(O)[C@@]4(O)C(=O)C2=C3O)o1.CN(C)[C@@H]1C(=O)C(C(N)=O)=C(O)[C@@]2(O)C(=O)C3=C(O)c4c(O)ccc(-c5cccc(C(=O)NCC[N+](C)(C)C)c5)c4C[C@H]3C[C@@H]12. The lowest BCUT2D eigenvalue weighted by atomic mass is 9.57. The molecule has 24 nitrogen and oxygen atoms in total. The fourth-order valence-electron chi connectivity index (χ4n) is 13.7. The third kappa shape index (κ3) is 10.8. The van der Waals surface area contributed by atoms with E-state index < -0.39 is 116 Å². The van der Waals surface area contributed by atoms with Gasteiger partial charge >= 0.3 is 0 Å². The van der Waals surface area contributed by atoms with Gasteiger partial charge in [0.2, 0.25) is 11.6 Å². The molecular weight excluding hydrogens is 1140 g/mol. The molecule has 3 amide bonds. The van der Waals surface area contributed by atoms with E-state index in [1.807, 2.05) is 54.4 Å². The highest BCUT2D eigenvalue weighted by atomic mass is 16.4. The van der Waals surface area contributed by atoms with Crippen LogP contribution in [-0.2, 0) is 48.2 Å². The highest BCUT2D eigenvalue weighted by molar-refractivity contribution is 6.26. The van der Waals surface area contributed by atoms with Crippen molar-refractivity contribution in [3.63, 3.8) is 0 Å². The number of Topliss-reactive ketones (excluding diaryl/α,β-unsaturated/α-hetero) is 4. The molecule has 0 saturated heterocycles. The van der Waals surface area contributed by atoms with E-state index in [4.69, 9.17) is 15.9 Å². The van der Waals surface area contributed by atoms with Gasteiger partial charge in [0.1, 0.15) is 57.2 Å². The standard InChI is InChI=1S/C33H38N4O8.C31H38N4O8/c1-36(2)26-21-15-18-14-20-19(16-7-6-8-17(13-16)32(44)35-11-12-37(3,4)5)9-10-22(38)24(20)27(39)23(18)29(41)33(21,45)30(42)25(28(26)40)31(34)43;1-33(2)10-11-35(5)14-16-6-9-21(43-16)17-7-8-20(36)23-18(17)12-15-13-19-25(34(3)4)27(38)24(30(32)41)29(40)31(19,42)28(39)22(15)26(23)37/h6-10,13,18,21,26,45H,11-12,14-15H2,1-5H3,(H5-,34,35,38,39,40,41,42,43,44);6-9,15,19,25,36-37,40,42H,10-14H2,1-5H3,(H2,32,41)/p+1/t18-,21-,26-,33-;15-,19-,25-,31-/m00/s1. The number of aromatic hydroxyl groups is 2. The average Bonchev–Trinajstić information content (AvgIpc) is 0.716. The van der Waals surface area contributed by atoms with E-state index in [9.17, 15) is 74.4 Å². The molecule has 6 aliphatic carbocycles. The molecule has 0 radical (unpaired) electrons. The fraction of sp³-hybridized carbons (Fsp3) is 0.422. The lowest BCUT2D eigenvalue weighted by Crippen LogP contribution is -2.65. The first-order valence-electron chi connectivity index (χ1n) is 28.8. The third-order valence-electron chi connectivity index (χ3n) is 18.0. The van der Waals surface area contributed by atoms with Crippen molar-refractivity contribution in [3.8, 4) is 33.9 Å². The van der Waals surface area contributed by atoms with Crippen LogP contribution < -0.4 is 16.8 Å². The smallest absolute Gasteiger partial charge is 0.255 e. The Bertz CT molecular complexity index is 3750. The highest BCUT2D eigenvalue weighted by Gasteiger charge is 2.66. The van der Waals surface area contributed by atoms with Crippen LogP contribution in [0.1, 0.15) is 51.2 Å². The minimum atomic E-state index is -2.70. The van der Waals surface area contributed by atoms with Gasteiger partial charge in [-0.15, -0.1) is 0 Å². The van der Waals surface area contributed by atoms with Gasteiger partial charge in [-0.05, 0) is 152 Å². The van der Waals surface area contributed by atoms with Crippen molar-refractivity contribution in [3.05, 3.63) is 128 Å². The van der Waals surface area contributed by atoms with Crippen LogP contribution in [0.25, 0.3) is 34.0 Å². The van der Waals surface area contributed by atoms with E-state index in [-0.39, 0.29) is 65.4 Å². The monoisotopic (exact) mass is 1210 g/mol. The van der Waals surface area contributed by atoms with Gasteiger partial charge in [0.25, 0.3) is 17.7 Å². The number of quaternary nitrogens is 1. The van der Waals surface area contributed by atoms with Crippen LogP contribution in [0.3, 0.4) is 0 Å². The minimum absolute atomic E-state index is 0.0124. The summed E-state index contributed by atoms with van der Waals surface area (Å²) in [6, 6.07) is 14.4. The quantitative estimate of drug-likeness (QED) is 0.0601. The molecule has 0 aliphatic heterocycles. The zero-order valence-corrected chi connectivity index (χ0v) is 50.8. The first-order chi connectivity index (χ1) is 41.2. The van der Waals surface area contributed by atoms with Gasteiger partial charge in [-0.3, -0.25) is 48.3 Å². The summed E-state index contributed by atoms with van der Waals surface area (Å²) in [6.07, 6.45) is 0.311. The lowest BCUT2D eigenvalue weighted by Gasteiger charge is -2.50. The van der Waals surface area contributed by atoms with Gasteiger partial charge in [0.15, 0.2) is 22.8 Å². The summed E-state index contributed by atoms with van der Waals surface area (Å²) < 4.78 is 6.87. The Morgan fingerprint density at radius 3 is 1.58 bits per heavy atom. The number of nitrogens with zero attached hydrogens (tertiary/aromatic N) is 5. The van der Waals surface area contributed by atoms with Gasteiger partial charge in [0.05, 0.1) is 64.0 Å². The summed E-state index contributed by atoms with van der Waals surface area (Å²) in [6.45, 7) is 3.51. The van der Waals surface area contributed by atoms with Crippen molar-refractivity contribution >= 4 is 52.4 Å². The predicted octanol–water partition coefficient (Wildman–Crippen LogP) is 2.28. The number of furan rings is 1. The number of ketones is 4. The first-order valence-corrected chi connectivity index (χ1v) is 28.8. The van der Waals surface area contributed by atoms with Crippen molar-refractivity contribution in [1.82, 2.24) is 24.9 Å². The average molecular weight is 1210 g/mol. The largest absolute Gasteiger partial charge is 0.508 e. The minimum Gasteiger partial charge on any atom is -0.508 e. The molecule has 468 valence electrons. The molecule has 1 heterocycles. The third-order valence-corrected chi connectivity index (χ3v) is 18.0. The number of likely N-dealkylation sites (N-methyl/N-ethyl adjacent to an activating group) is 5. The maximum absolute atomic E-state index is 14.1. The molecule has 6 aliphatic rings. The second-order valence-electron chi connectivity index (χ2n) is 25.6. The number of nitrogens with two attached hydrogens (primary N) is 2. The van der Waals surface area contributed by atoms with Gasteiger partial charge in [-0.25, -0.2) is 0 Å². The van der Waals surface area contributed by atoms with E-state index in [2.05, 4.69) is 15.1 Å². The number of aliphatic hydroxyl groups excluding tert-OH is 4. The summed E-state index contributed by atoms with van der Waals surface area (Å²) in [5, 5.41) is 93.2. The number of aliphatic hydroxyl groups is 6. The number of carbonyl (C=O) groups excluding carboxylic acids is 7. The zero-order valence-electron chi connectivity index (χ0n) is 50.8. The zero-order chi connectivity index (χ0) is 64.7.